The lowest BCUT2D eigenvalue weighted by Gasteiger charge is -2.14. The highest BCUT2D eigenvalue weighted by atomic mass is 19.1. The van der Waals surface area contributed by atoms with Crippen molar-refractivity contribution >= 4 is 5.91 Å². The summed E-state index contributed by atoms with van der Waals surface area (Å²) in [4.78, 5) is 11.6. The van der Waals surface area contributed by atoms with Gasteiger partial charge in [-0.15, -0.1) is 6.42 Å². The first kappa shape index (κ1) is 15.0. The van der Waals surface area contributed by atoms with Gasteiger partial charge in [0.15, 0.2) is 6.10 Å². The van der Waals surface area contributed by atoms with Crippen LogP contribution >= 0.6 is 0 Å². The van der Waals surface area contributed by atoms with Gasteiger partial charge in [0.1, 0.15) is 11.6 Å². The number of amides is 1. The van der Waals surface area contributed by atoms with Crippen LogP contribution in [0.15, 0.2) is 18.2 Å². The molecular weight excluding hydrogens is 247 g/mol. The van der Waals surface area contributed by atoms with E-state index in [1.54, 1.807) is 13.0 Å². The van der Waals surface area contributed by atoms with Gasteiger partial charge in [-0.05, 0) is 37.6 Å². The van der Waals surface area contributed by atoms with E-state index in [2.05, 4.69) is 11.2 Å². The summed E-state index contributed by atoms with van der Waals surface area (Å²) in [7, 11) is 0. The van der Waals surface area contributed by atoms with E-state index in [0.29, 0.717) is 18.7 Å². The Morgan fingerprint density at radius 1 is 1.58 bits per heavy atom. The predicted molar refractivity (Wildman–Crippen MR) is 71.1 cm³/mol. The predicted octanol–water partition coefficient (Wildman–Crippen LogP) is 0.844. The SMILES string of the molecule is C#CCNC(=O)C(C)Oc1cc(F)cc(CCN)c1. The number of nitrogens with two attached hydrogens (primary N) is 1. The zero-order chi connectivity index (χ0) is 14.3. The molecule has 0 spiro atoms. The molecule has 0 aliphatic rings. The van der Waals surface area contributed by atoms with Crippen LogP contribution in [0.3, 0.4) is 0 Å². The third-order valence-corrected chi connectivity index (χ3v) is 2.41. The molecule has 0 heterocycles. The van der Waals surface area contributed by atoms with E-state index in [1.807, 2.05) is 0 Å². The molecule has 0 fully saturated rings. The summed E-state index contributed by atoms with van der Waals surface area (Å²) in [5, 5.41) is 2.49. The van der Waals surface area contributed by atoms with E-state index in [1.165, 1.54) is 12.1 Å². The number of terminal acetylenes is 1. The van der Waals surface area contributed by atoms with E-state index in [0.717, 1.165) is 5.56 Å². The standard InChI is InChI=1S/C14H17FN2O2/c1-3-6-17-14(18)10(2)19-13-8-11(4-5-16)7-12(15)9-13/h1,7-10H,4-6,16H2,2H3,(H,17,18). The van der Waals surface area contributed by atoms with Crippen LogP contribution in [-0.2, 0) is 11.2 Å². The van der Waals surface area contributed by atoms with E-state index in [9.17, 15) is 9.18 Å². The minimum atomic E-state index is -0.749. The van der Waals surface area contributed by atoms with Crippen molar-refractivity contribution in [1.29, 1.82) is 0 Å². The Labute approximate surface area is 112 Å². The number of nitrogens with one attached hydrogen (secondary N) is 1. The molecule has 0 aromatic heterocycles. The monoisotopic (exact) mass is 264 g/mol. The van der Waals surface area contributed by atoms with Crippen molar-refractivity contribution in [3.05, 3.63) is 29.6 Å². The number of halogens is 1. The maximum absolute atomic E-state index is 13.4. The van der Waals surface area contributed by atoms with Gasteiger partial charge in [0, 0.05) is 6.07 Å². The van der Waals surface area contributed by atoms with Crippen molar-refractivity contribution in [1.82, 2.24) is 5.32 Å². The molecule has 1 amide bonds. The zero-order valence-electron chi connectivity index (χ0n) is 10.8. The summed E-state index contributed by atoms with van der Waals surface area (Å²) in [5.41, 5.74) is 6.15. The average molecular weight is 264 g/mol. The Balaban J connectivity index is 2.70. The summed E-state index contributed by atoms with van der Waals surface area (Å²) in [6.45, 7) is 2.12. The minimum Gasteiger partial charge on any atom is -0.481 e. The lowest BCUT2D eigenvalue weighted by molar-refractivity contribution is -0.127. The molecule has 1 aromatic carbocycles. The molecular formula is C14H17FN2O2. The number of carbonyl (C=O) groups excluding carboxylic acids is 1. The second-order valence-corrected chi connectivity index (χ2v) is 4.02. The summed E-state index contributed by atoms with van der Waals surface area (Å²) in [6.07, 6.45) is 4.83. The highest BCUT2D eigenvalue weighted by molar-refractivity contribution is 5.80. The summed E-state index contributed by atoms with van der Waals surface area (Å²) < 4.78 is 18.7. The lowest BCUT2D eigenvalue weighted by atomic mass is 10.1. The molecule has 0 radical (unpaired) electrons. The van der Waals surface area contributed by atoms with Crippen LogP contribution in [-0.4, -0.2) is 25.1 Å². The quantitative estimate of drug-likeness (QED) is 0.748. The van der Waals surface area contributed by atoms with E-state index < -0.39 is 11.9 Å². The highest BCUT2D eigenvalue weighted by Gasteiger charge is 2.14. The second-order valence-electron chi connectivity index (χ2n) is 4.02. The van der Waals surface area contributed by atoms with Crippen LogP contribution < -0.4 is 15.8 Å². The Hall–Kier alpha value is -2.06. The molecule has 1 unspecified atom stereocenters. The molecule has 0 saturated carbocycles. The number of hydrogen-bond acceptors (Lipinski definition) is 3. The topological polar surface area (TPSA) is 64.3 Å². The van der Waals surface area contributed by atoms with Gasteiger partial charge < -0.3 is 15.8 Å². The highest BCUT2D eigenvalue weighted by Crippen LogP contribution is 2.18. The first-order chi connectivity index (χ1) is 9.06. The van der Waals surface area contributed by atoms with Crippen LogP contribution in [0.5, 0.6) is 5.75 Å². The molecule has 0 aliphatic heterocycles. The molecule has 102 valence electrons. The molecule has 0 aliphatic carbocycles. The zero-order valence-corrected chi connectivity index (χ0v) is 10.8. The van der Waals surface area contributed by atoms with Crippen LogP contribution in [0.1, 0.15) is 12.5 Å². The maximum Gasteiger partial charge on any atom is 0.261 e. The molecule has 0 bridgehead atoms. The van der Waals surface area contributed by atoms with Gasteiger partial charge in [0.05, 0.1) is 6.54 Å². The van der Waals surface area contributed by atoms with Crippen LogP contribution in [0, 0.1) is 18.2 Å². The number of carbonyl (C=O) groups is 1. The van der Waals surface area contributed by atoms with E-state index >= 15 is 0 Å². The Bertz CT molecular complexity index is 483. The summed E-state index contributed by atoms with van der Waals surface area (Å²) in [5.74, 6) is 1.82. The van der Waals surface area contributed by atoms with Gasteiger partial charge in [0.25, 0.3) is 5.91 Å². The molecule has 1 rings (SSSR count). The largest absolute Gasteiger partial charge is 0.481 e. The number of ether oxygens (including phenoxy) is 1. The van der Waals surface area contributed by atoms with Crippen LogP contribution in [0.2, 0.25) is 0 Å². The van der Waals surface area contributed by atoms with Gasteiger partial charge in [-0.2, -0.15) is 0 Å². The van der Waals surface area contributed by atoms with Crippen LogP contribution in [0.4, 0.5) is 4.39 Å². The van der Waals surface area contributed by atoms with Gasteiger partial charge in [0.2, 0.25) is 0 Å². The van der Waals surface area contributed by atoms with Gasteiger partial charge in [-0.1, -0.05) is 5.92 Å². The molecule has 4 nitrogen and oxygen atoms in total. The van der Waals surface area contributed by atoms with Crippen molar-refractivity contribution in [2.75, 3.05) is 13.1 Å². The fourth-order valence-corrected chi connectivity index (χ4v) is 1.54. The Morgan fingerprint density at radius 2 is 2.32 bits per heavy atom. The number of benzene rings is 1. The smallest absolute Gasteiger partial charge is 0.261 e. The van der Waals surface area contributed by atoms with Crippen LogP contribution in [0.25, 0.3) is 0 Å². The Morgan fingerprint density at radius 3 is 2.95 bits per heavy atom. The van der Waals surface area contributed by atoms with Gasteiger partial charge >= 0.3 is 0 Å². The van der Waals surface area contributed by atoms with Gasteiger partial charge in [-0.25, -0.2) is 4.39 Å². The number of rotatable bonds is 6. The molecule has 1 aromatic rings. The van der Waals surface area contributed by atoms with Crippen molar-refractivity contribution in [2.24, 2.45) is 5.73 Å². The summed E-state index contributed by atoms with van der Waals surface area (Å²) >= 11 is 0. The fourth-order valence-electron chi connectivity index (χ4n) is 1.54. The lowest BCUT2D eigenvalue weighted by Crippen LogP contribution is -2.36. The molecule has 1 atom stereocenters. The first-order valence-corrected chi connectivity index (χ1v) is 5.94. The summed E-state index contributed by atoms with van der Waals surface area (Å²) in [6, 6.07) is 4.29. The average Bonchev–Trinajstić information content (AvgIpc) is 2.35. The first-order valence-electron chi connectivity index (χ1n) is 5.94. The van der Waals surface area contributed by atoms with Crippen molar-refractivity contribution in [3.8, 4) is 18.1 Å². The minimum absolute atomic E-state index is 0.133. The third-order valence-electron chi connectivity index (χ3n) is 2.41. The second kappa shape index (κ2) is 7.39. The van der Waals surface area contributed by atoms with Crippen molar-refractivity contribution in [3.63, 3.8) is 0 Å². The normalized spacial score (nSPS) is 11.5. The Kier molecular flexibility index (Phi) is 5.83. The number of hydrogen-bond donors (Lipinski definition) is 2. The maximum atomic E-state index is 13.4. The van der Waals surface area contributed by atoms with E-state index in [4.69, 9.17) is 16.9 Å². The van der Waals surface area contributed by atoms with Crippen molar-refractivity contribution < 1.29 is 13.9 Å². The molecule has 0 saturated heterocycles. The molecule has 5 heteroatoms. The molecule has 3 N–H and O–H groups in total. The van der Waals surface area contributed by atoms with E-state index in [-0.39, 0.29) is 12.5 Å². The third kappa shape index (κ3) is 4.98. The fraction of sp³-hybridized carbons (Fsp3) is 0.357. The van der Waals surface area contributed by atoms with Crippen molar-refractivity contribution in [2.45, 2.75) is 19.4 Å². The van der Waals surface area contributed by atoms with Gasteiger partial charge in [-0.3, -0.25) is 4.79 Å². The molecule has 19 heavy (non-hydrogen) atoms.